The summed E-state index contributed by atoms with van der Waals surface area (Å²) in [5, 5.41) is 9.85. The highest BCUT2D eigenvalue weighted by Gasteiger charge is 2.36. The van der Waals surface area contributed by atoms with Gasteiger partial charge in [0.1, 0.15) is 0 Å². The fraction of sp³-hybridized carbons (Fsp3) is 1.00. The van der Waals surface area contributed by atoms with Crippen LogP contribution in [0.1, 0.15) is 40.5 Å². The van der Waals surface area contributed by atoms with Crippen molar-refractivity contribution < 1.29 is 5.11 Å². The number of nitrogens with zero attached hydrogens (tertiary/aromatic N) is 2. The van der Waals surface area contributed by atoms with Crippen LogP contribution in [-0.4, -0.2) is 66.3 Å². The average Bonchev–Trinajstić information content (AvgIpc) is 2.51. The molecule has 1 aliphatic rings. The number of hydrogen-bond acceptors (Lipinski definition) is 4. The van der Waals surface area contributed by atoms with E-state index in [1.54, 1.807) is 0 Å². The van der Waals surface area contributed by atoms with Crippen LogP contribution in [0.5, 0.6) is 0 Å². The standard InChI is InChI=1S/C15H33N3O/c1-6-12-10-17(5)8-7-9-18(12)13(11-19)14(16)15(2,3)4/h12-14,19H,6-11,16H2,1-5H3. The first kappa shape index (κ1) is 16.9. The van der Waals surface area contributed by atoms with Gasteiger partial charge >= 0.3 is 0 Å². The van der Waals surface area contributed by atoms with Crippen molar-refractivity contribution in [2.45, 2.75) is 58.7 Å². The van der Waals surface area contributed by atoms with E-state index in [9.17, 15) is 5.11 Å². The second-order valence-electron chi connectivity index (χ2n) is 7.06. The van der Waals surface area contributed by atoms with E-state index in [1.165, 1.54) is 0 Å². The molecule has 4 heteroatoms. The largest absolute Gasteiger partial charge is 0.395 e. The minimum Gasteiger partial charge on any atom is -0.395 e. The van der Waals surface area contributed by atoms with Crippen LogP contribution in [0.25, 0.3) is 0 Å². The summed E-state index contributed by atoms with van der Waals surface area (Å²) in [5.41, 5.74) is 6.44. The van der Waals surface area contributed by atoms with Gasteiger partial charge < -0.3 is 15.7 Å². The van der Waals surface area contributed by atoms with Crippen molar-refractivity contribution in [3.05, 3.63) is 0 Å². The van der Waals surface area contributed by atoms with E-state index in [2.05, 4.69) is 44.5 Å². The van der Waals surface area contributed by atoms with Crippen LogP contribution in [0.4, 0.5) is 0 Å². The van der Waals surface area contributed by atoms with Gasteiger partial charge in [0.25, 0.3) is 0 Å². The molecule has 19 heavy (non-hydrogen) atoms. The zero-order chi connectivity index (χ0) is 14.6. The molecule has 3 N–H and O–H groups in total. The van der Waals surface area contributed by atoms with Crippen LogP contribution in [-0.2, 0) is 0 Å². The lowest BCUT2D eigenvalue weighted by atomic mass is 9.82. The van der Waals surface area contributed by atoms with Gasteiger partial charge in [-0.05, 0) is 31.8 Å². The molecule has 0 aliphatic carbocycles. The van der Waals surface area contributed by atoms with E-state index in [4.69, 9.17) is 5.73 Å². The van der Waals surface area contributed by atoms with Gasteiger partial charge in [-0.25, -0.2) is 0 Å². The van der Waals surface area contributed by atoms with Gasteiger partial charge in [-0.1, -0.05) is 27.7 Å². The zero-order valence-corrected chi connectivity index (χ0v) is 13.4. The monoisotopic (exact) mass is 271 g/mol. The Kier molecular flexibility index (Phi) is 6.24. The van der Waals surface area contributed by atoms with E-state index >= 15 is 0 Å². The zero-order valence-electron chi connectivity index (χ0n) is 13.4. The number of likely N-dealkylation sites (N-methyl/N-ethyl adjacent to an activating group) is 1. The molecule has 0 bridgehead atoms. The highest BCUT2D eigenvalue weighted by Crippen LogP contribution is 2.25. The van der Waals surface area contributed by atoms with E-state index < -0.39 is 0 Å². The summed E-state index contributed by atoms with van der Waals surface area (Å²) in [4.78, 5) is 4.85. The van der Waals surface area contributed by atoms with E-state index in [0.717, 1.165) is 32.5 Å². The van der Waals surface area contributed by atoms with E-state index in [-0.39, 0.29) is 24.1 Å². The molecule has 0 saturated carbocycles. The minimum absolute atomic E-state index is 0.00467. The lowest BCUT2D eigenvalue weighted by Crippen LogP contribution is -2.59. The highest BCUT2D eigenvalue weighted by atomic mass is 16.3. The fourth-order valence-electron chi connectivity index (χ4n) is 3.06. The molecule has 1 rings (SSSR count). The Hall–Kier alpha value is -0.160. The number of hydrogen-bond donors (Lipinski definition) is 2. The average molecular weight is 271 g/mol. The maximum Gasteiger partial charge on any atom is 0.0602 e. The molecule has 114 valence electrons. The van der Waals surface area contributed by atoms with Crippen molar-refractivity contribution in [2.75, 3.05) is 33.3 Å². The predicted molar refractivity (Wildman–Crippen MR) is 81.2 cm³/mol. The molecule has 1 saturated heterocycles. The molecule has 1 fully saturated rings. The van der Waals surface area contributed by atoms with Crippen molar-refractivity contribution in [3.8, 4) is 0 Å². The third-order valence-corrected chi connectivity index (χ3v) is 4.45. The van der Waals surface area contributed by atoms with Crippen LogP contribution in [0.3, 0.4) is 0 Å². The SMILES string of the molecule is CCC1CN(C)CCCN1C(CO)C(N)C(C)(C)C. The number of nitrogens with two attached hydrogens (primary N) is 1. The molecule has 0 aromatic carbocycles. The molecule has 0 aromatic rings. The third kappa shape index (κ3) is 4.42. The number of aliphatic hydroxyl groups is 1. The Morgan fingerprint density at radius 2 is 1.95 bits per heavy atom. The second kappa shape index (κ2) is 7.02. The molecular weight excluding hydrogens is 238 g/mol. The molecular formula is C15H33N3O. The molecule has 0 aromatic heterocycles. The van der Waals surface area contributed by atoms with Crippen molar-refractivity contribution in [1.82, 2.24) is 9.80 Å². The molecule has 0 radical (unpaired) electrons. The molecule has 0 spiro atoms. The molecule has 3 unspecified atom stereocenters. The lowest BCUT2D eigenvalue weighted by Gasteiger charge is -2.43. The van der Waals surface area contributed by atoms with Gasteiger partial charge in [0.05, 0.1) is 6.61 Å². The van der Waals surface area contributed by atoms with Crippen LogP contribution in [0, 0.1) is 5.41 Å². The molecule has 3 atom stereocenters. The Labute approximate surface area is 118 Å². The maximum absolute atomic E-state index is 9.85. The Balaban J connectivity index is 2.87. The lowest BCUT2D eigenvalue weighted by molar-refractivity contribution is 0.0401. The van der Waals surface area contributed by atoms with Gasteiger partial charge in [0.15, 0.2) is 0 Å². The predicted octanol–water partition coefficient (Wildman–Crippen LogP) is 1.14. The van der Waals surface area contributed by atoms with Gasteiger partial charge in [-0.15, -0.1) is 0 Å². The van der Waals surface area contributed by atoms with Crippen molar-refractivity contribution in [3.63, 3.8) is 0 Å². The van der Waals surface area contributed by atoms with Crippen LogP contribution >= 0.6 is 0 Å². The summed E-state index contributed by atoms with van der Waals surface area (Å²) in [5.74, 6) is 0. The van der Waals surface area contributed by atoms with Crippen molar-refractivity contribution >= 4 is 0 Å². The molecule has 0 amide bonds. The van der Waals surface area contributed by atoms with Gasteiger partial charge in [0.2, 0.25) is 0 Å². The minimum atomic E-state index is -0.00467. The first-order chi connectivity index (χ1) is 8.81. The number of rotatable bonds is 4. The first-order valence-corrected chi connectivity index (χ1v) is 7.62. The summed E-state index contributed by atoms with van der Waals surface area (Å²) in [7, 11) is 2.18. The molecule has 1 aliphatic heterocycles. The summed E-state index contributed by atoms with van der Waals surface area (Å²) < 4.78 is 0. The highest BCUT2D eigenvalue weighted by molar-refractivity contribution is 4.93. The van der Waals surface area contributed by atoms with Crippen molar-refractivity contribution in [2.24, 2.45) is 11.1 Å². The Morgan fingerprint density at radius 3 is 2.42 bits per heavy atom. The van der Waals surface area contributed by atoms with Crippen molar-refractivity contribution in [1.29, 1.82) is 0 Å². The quantitative estimate of drug-likeness (QED) is 0.805. The first-order valence-electron chi connectivity index (χ1n) is 7.62. The molecule has 1 heterocycles. The van der Waals surface area contributed by atoms with Crippen LogP contribution in [0.2, 0.25) is 0 Å². The Morgan fingerprint density at radius 1 is 1.32 bits per heavy atom. The van der Waals surface area contributed by atoms with Gasteiger partial charge in [0, 0.05) is 31.2 Å². The summed E-state index contributed by atoms with van der Waals surface area (Å²) in [6.07, 6.45) is 2.26. The molecule has 4 nitrogen and oxygen atoms in total. The second-order valence-corrected chi connectivity index (χ2v) is 7.06. The van der Waals surface area contributed by atoms with Crippen LogP contribution in [0.15, 0.2) is 0 Å². The topological polar surface area (TPSA) is 52.7 Å². The van der Waals surface area contributed by atoms with Crippen LogP contribution < -0.4 is 5.73 Å². The number of aliphatic hydroxyl groups excluding tert-OH is 1. The summed E-state index contributed by atoms with van der Waals surface area (Å²) in [6, 6.07) is 0.560. The van der Waals surface area contributed by atoms with E-state index in [0.29, 0.717) is 6.04 Å². The summed E-state index contributed by atoms with van der Waals surface area (Å²) in [6.45, 7) is 12.1. The summed E-state index contributed by atoms with van der Waals surface area (Å²) >= 11 is 0. The van der Waals surface area contributed by atoms with Gasteiger partial charge in [-0.3, -0.25) is 4.90 Å². The van der Waals surface area contributed by atoms with Gasteiger partial charge in [-0.2, -0.15) is 0 Å². The normalized spacial score (nSPS) is 27.0. The third-order valence-electron chi connectivity index (χ3n) is 4.45. The Bertz CT molecular complexity index is 265. The van der Waals surface area contributed by atoms with E-state index in [1.807, 2.05) is 0 Å². The maximum atomic E-state index is 9.85. The smallest absolute Gasteiger partial charge is 0.0602 e. The fourth-order valence-corrected chi connectivity index (χ4v) is 3.06.